The Morgan fingerprint density at radius 2 is 1.81 bits per heavy atom. The van der Waals surface area contributed by atoms with Crippen LogP contribution in [0.2, 0.25) is 18.1 Å². The number of hydrogen-bond acceptors (Lipinski definition) is 4. The highest BCUT2D eigenvalue weighted by atomic mass is 28.4. The molecule has 4 nitrogen and oxygen atoms in total. The summed E-state index contributed by atoms with van der Waals surface area (Å²) in [4.78, 5) is 11.7. The second kappa shape index (κ2) is 10.4. The van der Waals surface area contributed by atoms with Gasteiger partial charge in [0.2, 0.25) is 6.29 Å². The summed E-state index contributed by atoms with van der Waals surface area (Å²) in [6, 6.07) is 12.9. The van der Waals surface area contributed by atoms with Crippen LogP contribution in [0.3, 0.4) is 0 Å². The highest BCUT2D eigenvalue weighted by molar-refractivity contribution is 6.73. The average Bonchev–Trinajstić information content (AvgIpc) is 3.02. The van der Waals surface area contributed by atoms with Gasteiger partial charge in [0.1, 0.15) is 0 Å². The molecule has 1 N–H and O–H groups in total. The van der Waals surface area contributed by atoms with E-state index in [2.05, 4.69) is 20.8 Å². The third kappa shape index (κ3) is 6.31. The summed E-state index contributed by atoms with van der Waals surface area (Å²) in [5.41, 5.74) is 1.82. The van der Waals surface area contributed by atoms with Crippen molar-refractivity contribution in [3.05, 3.63) is 65.8 Å². The van der Waals surface area contributed by atoms with E-state index in [9.17, 15) is 9.90 Å². The lowest BCUT2D eigenvalue weighted by Crippen LogP contribution is -2.41. The van der Waals surface area contributed by atoms with Gasteiger partial charge in [-0.25, -0.2) is 4.79 Å². The van der Waals surface area contributed by atoms with Gasteiger partial charge < -0.3 is 14.3 Å². The molecule has 0 amide bonds. The minimum atomic E-state index is -1.90. The zero-order chi connectivity index (χ0) is 19.7. The van der Waals surface area contributed by atoms with Crippen LogP contribution in [-0.2, 0) is 14.0 Å². The predicted molar refractivity (Wildman–Crippen MR) is 111 cm³/mol. The normalized spacial score (nSPS) is 18.9. The van der Waals surface area contributed by atoms with Crippen LogP contribution in [0.15, 0.2) is 60.2 Å². The number of carbonyl (C=O) groups excluding carboxylic acids is 1. The predicted octanol–water partition coefficient (Wildman–Crippen LogP) is 4.84. The summed E-state index contributed by atoms with van der Waals surface area (Å²) >= 11 is 0. The lowest BCUT2D eigenvalue weighted by Gasteiger charge is -2.32. The molecular formula is C22H30O4Si. The summed E-state index contributed by atoms with van der Waals surface area (Å²) in [6.07, 6.45) is 7.83. The third-order valence-electron chi connectivity index (χ3n) is 5.10. The minimum Gasteiger partial charge on any atom is -0.429 e. The first-order valence-corrected chi connectivity index (χ1v) is 12.2. The van der Waals surface area contributed by atoms with E-state index in [4.69, 9.17) is 9.16 Å². The molecule has 2 rings (SSSR count). The molecule has 1 aromatic carbocycles. The molecule has 2 atom stereocenters. The molecule has 1 aromatic rings. The Kier molecular flexibility index (Phi) is 8.22. The van der Waals surface area contributed by atoms with Gasteiger partial charge in [0, 0.05) is 18.1 Å². The molecule has 1 aliphatic heterocycles. The number of allylic oxidation sites excluding steroid dienone is 2. The van der Waals surface area contributed by atoms with E-state index >= 15 is 0 Å². The van der Waals surface area contributed by atoms with Gasteiger partial charge in [-0.3, -0.25) is 0 Å². The zero-order valence-corrected chi connectivity index (χ0v) is 17.4. The molecule has 0 spiro atoms. The quantitative estimate of drug-likeness (QED) is 0.355. The Morgan fingerprint density at radius 3 is 2.44 bits per heavy atom. The number of aliphatic hydroxyl groups is 1. The molecule has 0 fully saturated rings. The van der Waals surface area contributed by atoms with E-state index in [0.29, 0.717) is 6.42 Å². The molecule has 0 saturated carbocycles. The second-order valence-electron chi connectivity index (χ2n) is 6.78. The van der Waals surface area contributed by atoms with Crippen LogP contribution in [-0.4, -0.2) is 31.8 Å². The lowest BCUT2D eigenvalue weighted by atomic mass is 10.1. The summed E-state index contributed by atoms with van der Waals surface area (Å²) in [5.74, 6) is -0.388. The molecule has 0 bridgehead atoms. The van der Waals surface area contributed by atoms with Crippen molar-refractivity contribution in [2.75, 3.05) is 0 Å². The van der Waals surface area contributed by atoms with Gasteiger partial charge in [0.15, 0.2) is 8.32 Å². The standard InChI is InChI=1S/C22H30O4Si/c1-4-27(5-2,6-3)26-22-19(17-21(24)25-22)16-20(23)15-11-10-14-18-12-8-7-9-13-18/h7-15,17,20,22-23H,4-6,16H2,1-3H3/b14-10+,15-11+. The monoisotopic (exact) mass is 386 g/mol. The van der Waals surface area contributed by atoms with Crippen molar-refractivity contribution in [2.45, 2.75) is 57.7 Å². The first kappa shape index (κ1) is 21.3. The van der Waals surface area contributed by atoms with E-state index in [-0.39, 0.29) is 5.97 Å². The van der Waals surface area contributed by atoms with Crippen molar-refractivity contribution >= 4 is 20.4 Å². The van der Waals surface area contributed by atoms with Gasteiger partial charge in [-0.15, -0.1) is 0 Å². The fourth-order valence-corrected chi connectivity index (χ4v) is 5.80. The zero-order valence-electron chi connectivity index (χ0n) is 16.4. The Morgan fingerprint density at radius 1 is 1.15 bits per heavy atom. The van der Waals surface area contributed by atoms with Gasteiger partial charge in [0.25, 0.3) is 0 Å². The van der Waals surface area contributed by atoms with Crippen molar-refractivity contribution in [3.63, 3.8) is 0 Å². The van der Waals surface area contributed by atoms with Crippen LogP contribution in [0.1, 0.15) is 32.8 Å². The van der Waals surface area contributed by atoms with Gasteiger partial charge >= 0.3 is 5.97 Å². The number of carbonyl (C=O) groups is 1. The largest absolute Gasteiger partial charge is 0.429 e. The average molecular weight is 387 g/mol. The molecule has 1 aliphatic rings. The Balaban J connectivity index is 1.95. The summed E-state index contributed by atoms with van der Waals surface area (Å²) in [6.45, 7) is 6.40. The number of esters is 1. The highest BCUT2D eigenvalue weighted by Gasteiger charge is 2.37. The maximum Gasteiger partial charge on any atom is 0.333 e. The summed E-state index contributed by atoms with van der Waals surface area (Å²) < 4.78 is 11.6. The van der Waals surface area contributed by atoms with Crippen molar-refractivity contribution in [1.29, 1.82) is 0 Å². The molecule has 1 heterocycles. The third-order valence-corrected chi connectivity index (χ3v) is 9.68. The van der Waals surface area contributed by atoms with Crippen molar-refractivity contribution in [1.82, 2.24) is 0 Å². The van der Waals surface area contributed by atoms with Crippen LogP contribution < -0.4 is 0 Å². The molecular weight excluding hydrogens is 356 g/mol. The number of ether oxygens (including phenoxy) is 1. The van der Waals surface area contributed by atoms with Crippen LogP contribution >= 0.6 is 0 Å². The van der Waals surface area contributed by atoms with Crippen molar-refractivity contribution < 1.29 is 19.1 Å². The first-order valence-electron chi connectivity index (χ1n) is 9.68. The minimum absolute atomic E-state index is 0.327. The lowest BCUT2D eigenvalue weighted by molar-refractivity contribution is -0.149. The molecule has 2 unspecified atom stereocenters. The van der Waals surface area contributed by atoms with Gasteiger partial charge in [-0.1, -0.05) is 75.4 Å². The van der Waals surface area contributed by atoms with E-state index in [1.165, 1.54) is 6.08 Å². The Bertz CT molecular complexity index is 681. The summed E-state index contributed by atoms with van der Waals surface area (Å²) in [7, 11) is -1.90. The van der Waals surface area contributed by atoms with Crippen LogP contribution in [0.25, 0.3) is 6.08 Å². The van der Waals surface area contributed by atoms with Crippen LogP contribution in [0.4, 0.5) is 0 Å². The number of aliphatic hydroxyl groups excluding tert-OH is 1. The number of benzene rings is 1. The molecule has 0 radical (unpaired) electrons. The Labute approximate surface area is 163 Å². The van der Waals surface area contributed by atoms with E-state index in [1.807, 2.05) is 48.6 Å². The molecule has 0 aliphatic carbocycles. The molecule has 27 heavy (non-hydrogen) atoms. The maximum absolute atomic E-state index is 11.7. The number of rotatable bonds is 10. The fraction of sp³-hybridized carbons (Fsp3) is 0.409. The van der Waals surface area contributed by atoms with E-state index in [1.54, 1.807) is 6.08 Å². The van der Waals surface area contributed by atoms with Crippen molar-refractivity contribution in [3.8, 4) is 0 Å². The van der Waals surface area contributed by atoms with Gasteiger partial charge in [-0.2, -0.15) is 0 Å². The van der Waals surface area contributed by atoms with Gasteiger partial charge in [0.05, 0.1) is 6.10 Å². The Hall–Kier alpha value is -1.95. The first-order chi connectivity index (χ1) is 13.0. The smallest absolute Gasteiger partial charge is 0.333 e. The maximum atomic E-state index is 11.7. The topological polar surface area (TPSA) is 55.8 Å². The van der Waals surface area contributed by atoms with E-state index < -0.39 is 20.7 Å². The van der Waals surface area contributed by atoms with Crippen molar-refractivity contribution in [2.24, 2.45) is 0 Å². The van der Waals surface area contributed by atoms with Crippen LogP contribution in [0, 0.1) is 0 Å². The number of hydrogen-bond donors (Lipinski definition) is 1. The SMILES string of the molecule is CC[Si](CC)(CC)OC1OC(=O)C=C1CC(O)/C=C/C=C/c1ccccc1. The molecule has 5 heteroatoms. The molecule has 0 aromatic heterocycles. The fourth-order valence-electron chi connectivity index (χ4n) is 3.15. The molecule has 146 valence electrons. The molecule has 0 saturated heterocycles. The van der Waals surface area contributed by atoms with E-state index in [0.717, 1.165) is 29.3 Å². The summed E-state index contributed by atoms with van der Waals surface area (Å²) in [5, 5.41) is 10.3. The highest BCUT2D eigenvalue weighted by Crippen LogP contribution is 2.30. The van der Waals surface area contributed by atoms with Gasteiger partial charge in [-0.05, 0) is 23.7 Å². The number of cyclic esters (lactones) is 1. The van der Waals surface area contributed by atoms with Crippen LogP contribution in [0.5, 0.6) is 0 Å². The second-order valence-corrected chi connectivity index (χ2v) is 11.5.